The van der Waals surface area contributed by atoms with E-state index in [4.69, 9.17) is 5.73 Å². The van der Waals surface area contributed by atoms with Crippen LogP contribution in [0.4, 0.5) is 0 Å². The number of likely N-dealkylation sites (tertiary alicyclic amines) is 2. The lowest BCUT2D eigenvalue weighted by Crippen LogP contribution is -2.48. The molecule has 6 nitrogen and oxygen atoms in total. The highest BCUT2D eigenvalue weighted by Crippen LogP contribution is 2.17. The quantitative estimate of drug-likeness (QED) is 0.794. The van der Waals surface area contributed by atoms with Crippen molar-refractivity contribution >= 4 is 11.8 Å². The van der Waals surface area contributed by atoms with E-state index >= 15 is 0 Å². The van der Waals surface area contributed by atoms with E-state index in [0.717, 1.165) is 58.4 Å². The van der Waals surface area contributed by atoms with E-state index in [2.05, 4.69) is 39.4 Å². The molecule has 142 valence electrons. The van der Waals surface area contributed by atoms with Gasteiger partial charge in [-0.05, 0) is 44.3 Å². The Kier molecular flexibility index (Phi) is 6.63. The monoisotopic (exact) mass is 358 g/mol. The predicted octanol–water partition coefficient (Wildman–Crippen LogP) is 0.965. The maximum absolute atomic E-state index is 12.3. The molecular formula is C20H30N4O2. The Hall–Kier alpha value is -1.92. The molecule has 2 fully saturated rings. The first kappa shape index (κ1) is 18.9. The Bertz CT molecular complexity index is 591. The molecule has 2 amide bonds. The maximum atomic E-state index is 12.3. The first-order chi connectivity index (χ1) is 12.6. The van der Waals surface area contributed by atoms with Crippen LogP contribution in [0.25, 0.3) is 0 Å². The van der Waals surface area contributed by atoms with Gasteiger partial charge in [0, 0.05) is 31.6 Å². The van der Waals surface area contributed by atoms with Crippen molar-refractivity contribution in [3.63, 3.8) is 0 Å². The number of nitrogens with two attached hydrogens (primary N) is 1. The highest BCUT2D eigenvalue weighted by atomic mass is 16.2. The summed E-state index contributed by atoms with van der Waals surface area (Å²) < 4.78 is 0. The first-order valence-corrected chi connectivity index (χ1v) is 9.67. The zero-order valence-electron chi connectivity index (χ0n) is 15.4. The normalized spacial score (nSPS) is 20.8. The number of amides is 2. The van der Waals surface area contributed by atoms with Gasteiger partial charge in [-0.15, -0.1) is 0 Å². The minimum Gasteiger partial charge on any atom is -0.369 e. The van der Waals surface area contributed by atoms with Gasteiger partial charge in [0.1, 0.15) is 0 Å². The van der Waals surface area contributed by atoms with Gasteiger partial charge in [0.25, 0.3) is 0 Å². The lowest BCUT2D eigenvalue weighted by Gasteiger charge is -2.33. The van der Waals surface area contributed by atoms with E-state index in [0.29, 0.717) is 6.54 Å². The standard InChI is InChI=1S/C20H30N4O2/c21-20(26)17-6-10-24(11-7-17)15-19(25)22-18-8-12-23(13-9-18)14-16-4-2-1-3-5-16/h1-5,17-18H,6-15H2,(H2,21,26)(H,22,25). The number of nitrogens with one attached hydrogen (secondary N) is 1. The van der Waals surface area contributed by atoms with Crippen LogP contribution in [0, 0.1) is 5.92 Å². The second kappa shape index (κ2) is 9.14. The molecule has 0 atom stereocenters. The van der Waals surface area contributed by atoms with Gasteiger partial charge in [0.05, 0.1) is 6.54 Å². The Morgan fingerprint density at radius 1 is 0.962 bits per heavy atom. The molecule has 0 aliphatic carbocycles. The summed E-state index contributed by atoms with van der Waals surface area (Å²) >= 11 is 0. The zero-order chi connectivity index (χ0) is 18.4. The van der Waals surface area contributed by atoms with Crippen molar-refractivity contribution in [2.75, 3.05) is 32.7 Å². The Morgan fingerprint density at radius 3 is 2.19 bits per heavy atom. The molecule has 3 N–H and O–H groups in total. The smallest absolute Gasteiger partial charge is 0.234 e. The molecule has 0 aromatic heterocycles. The summed E-state index contributed by atoms with van der Waals surface area (Å²) in [6.45, 7) is 4.99. The Labute approximate surface area is 155 Å². The van der Waals surface area contributed by atoms with Crippen LogP contribution in [0.3, 0.4) is 0 Å². The molecule has 3 rings (SSSR count). The van der Waals surface area contributed by atoms with Gasteiger partial charge in [-0.2, -0.15) is 0 Å². The minimum atomic E-state index is -0.212. The van der Waals surface area contributed by atoms with Crippen molar-refractivity contribution in [1.82, 2.24) is 15.1 Å². The second-order valence-corrected chi connectivity index (χ2v) is 7.56. The second-order valence-electron chi connectivity index (χ2n) is 7.56. The van der Waals surface area contributed by atoms with Crippen molar-refractivity contribution in [3.05, 3.63) is 35.9 Å². The van der Waals surface area contributed by atoms with Crippen LogP contribution in [0.1, 0.15) is 31.2 Å². The number of piperidine rings is 2. The maximum Gasteiger partial charge on any atom is 0.234 e. The van der Waals surface area contributed by atoms with Gasteiger partial charge in [0.15, 0.2) is 0 Å². The van der Waals surface area contributed by atoms with Crippen LogP contribution in [0.2, 0.25) is 0 Å². The first-order valence-electron chi connectivity index (χ1n) is 9.67. The molecule has 2 heterocycles. The van der Waals surface area contributed by atoms with Gasteiger partial charge < -0.3 is 11.1 Å². The lowest BCUT2D eigenvalue weighted by molar-refractivity contribution is -0.124. The van der Waals surface area contributed by atoms with Crippen molar-refractivity contribution in [2.45, 2.75) is 38.3 Å². The number of carbonyl (C=O) groups excluding carboxylic acids is 2. The fraction of sp³-hybridized carbons (Fsp3) is 0.600. The molecule has 0 spiro atoms. The van der Waals surface area contributed by atoms with Crippen LogP contribution in [-0.2, 0) is 16.1 Å². The van der Waals surface area contributed by atoms with Crippen molar-refractivity contribution < 1.29 is 9.59 Å². The van der Waals surface area contributed by atoms with E-state index in [9.17, 15) is 9.59 Å². The molecule has 2 saturated heterocycles. The average Bonchev–Trinajstić information content (AvgIpc) is 2.64. The third-order valence-corrected chi connectivity index (χ3v) is 5.56. The lowest BCUT2D eigenvalue weighted by atomic mass is 9.96. The highest BCUT2D eigenvalue weighted by Gasteiger charge is 2.25. The predicted molar refractivity (Wildman–Crippen MR) is 101 cm³/mol. The molecule has 2 aliphatic heterocycles. The number of rotatable bonds is 6. The van der Waals surface area contributed by atoms with E-state index in [1.807, 2.05) is 6.07 Å². The molecule has 0 bridgehead atoms. The summed E-state index contributed by atoms with van der Waals surface area (Å²) in [6, 6.07) is 10.8. The van der Waals surface area contributed by atoms with Gasteiger partial charge in [-0.1, -0.05) is 30.3 Å². The Balaban J connectivity index is 1.34. The van der Waals surface area contributed by atoms with Gasteiger partial charge >= 0.3 is 0 Å². The fourth-order valence-electron chi connectivity index (χ4n) is 3.93. The number of carbonyl (C=O) groups is 2. The van der Waals surface area contributed by atoms with E-state index in [-0.39, 0.29) is 23.8 Å². The third kappa shape index (κ3) is 5.54. The molecule has 0 radical (unpaired) electrons. The van der Waals surface area contributed by atoms with Crippen LogP contribution in [0.15, 0.2) is 30.3 Å². The molecular weight excluding hydrogens is 328 g/mol. The minimum absolute atomic E-state index is 0.0248. The molecule has 1 aromatic rings. The van der Waals surface area contributed by atoms with Crippen molar-refractivity contribution in [2.24, 2.45) is 11.7 Å². The molecule has 2 aliphatic rings. The number of primary amides is 1. The summed E-state index contributed by atoms with van der Waals surface area (Å²) in [6.07, 6.45) is 3.53. The zero-order valence-corrected chi connectivity index (χ0v) is 15.4. The molecule has 1 aromatic carbocycles. The highest BCUT2D eigenvalue weighted by molar-refractivity contribution is 5.78. The molecule has 6 heteroatoms. The van der Waals surface area contributed by atoms with Crippen LogP contribution < -0.4 is 11.1 Å². The van der Waals surface area contributed by atoms with Crippen LogP contribution in [-0.4, -0.2) is 60.4 Å². The average molecular weight is 358 g/mol. The summed E-state index contributed by atoms with van der Waals surface area (Å²) in [5.41, 5.74) is 6.70. The molecule has 0 saturated carbocycles. The fourth-order valence-corrected chi connectivity index (χ4v) is 3.93. The van der Waals surface area contributed by atoms with Crippen molar-refractivity contribution in [3.8, 4) is 0 Å². The van der Waals surface area contributed by atoms with Crippen molar-refractivity contribution in [1.29, 1.82) is 0 Å². The molecule has 26 heavy (non-hydrogen) atoms. The van der Waals surface area contributed by atoms with Crippen LogP contribution in [0.5, 0.6) is 0 Å². The number of hydrogen-bond acceptors (Lipinski definition) is 4. The van der Waals surface area contributed by atoms with E-state index in [1.54, 1.807) is 0 Å². The van der Waals surface area contributed by atoms with Gasteiger partial charge in [-0.3, -0.25) is 19.4 Å². The summed E-state index contributed by atoms with van der Waals surface area (Å²) in [5, 5.41) is 3.19. The summed E-state index contributed by atoms with van der Waals surface area (Å²) in [7, 11) is 0. The largest absolute Gasteiger partial charge is 0.369 e. The van der Waals surface area contributed by atoms with E-state index < -0.39 is 0 Å². The third-order valence-electron chi connectivity index (χ3n) is 5.56. The molecule has 0 unspecified atom stereocenters. The van der Waals surface area contributed by atoms with E-state index in [1.165, 1.54) is 5.56 Å². The van der Waals surface area contributed by atoms with Crippen LogP contribution >= 0.6 is 0 Å². The number of hydrogen-bond donors (Lipinski definition) is 2. The summed E-state index contributed by atoms with van der Waals surface area (Å²) in [4.78, 5) is 28.1. The Morgan fingerprint density at radius 2 is 1.58 bits per heavy atom. The topological polar surface area (TPSA) is 78.7 Å². The van der Waals surface area contributed by atoms with Gasteiger partial charge in [0.2, 0.25) is 11.8 Å². The summed E-state index contributed by atoms with van der Waals surface area (Å²) in [5.74, 6) is -0.136. The SMILES string of the molecule is NC(=O)C1CCN(CC(=O)NC2CCN(Cc3ccccc3)CC2)CC1. The van der Waals surface area contributed by atoms with Gasteiger partial charge in [-0.25, -0.2) is 0 Å². The number of nitrogens with zero attached hydrogens (tertiary/aromatic N) is 2. The number of benzene rings is 1.